The molecule has 0 spiro atoms. The Hall–Kier alpha value is -2.15. The zero-order valence-corrected chi connectivity index (χ0v) is 15.2. The number of hydrogen-bond donors (Lipinski definition) is 1. The summed E-state index contributed by atoms with van der Waals surface area (Å²) in [5.41, 5.74) is 2.20. The third kappa shape index (κ3) is 3.20. The van der Waals surface area contributed by atoms with Crippen LogP contribution in [0.5, 0.6) is 0 Å². The van der Waals surface area contributed by atoms with Gasteiger partial charge in [0.15, 0.2) is 0 Å². The Labute approximate surface area is 150 Å². The maximum Gasteiger partial charge on any atom is 0.256 e. The molecule has 6 nitrogen and oxygen atoms in total. The second kappa shape index (κ2) is 6.63. The number of aromatic nitrogens is 2. The van der Waals surface area contributed by atoms with E-state index in [-0.39, 0.29) is 17.9 Å². The third-order valence-electron chi connectivity index (χ3n) is 5.10. The molecule has 1 fully saturated rings. The first-order valence-corrected chi connectivity index (χ1v) is 9.67. The predicted octanol–water partition coefficient (Wildman–Crippen LogP) is 1.87. The normalized spacial score (nSPS) is 17.0. The number of H-pyrrole nitrogens is 1. The average Bonchev–Trinajstić information content (AvgIpc) is 3.28. The van der Waals surface area contributed by atoms with Crippen molar-refractivity contribution in [2.45, 2.75) is 39.2 Å². The lowest BCUT2D eigenvalue weighted by Gasteiger charge is -2.27. The molecule has 0 saturated carbocycles. The Morgan fingerprint density at radius 3 is 2.88 bits per heavy atom. The molecule has 2 aromatic rings. The van der Waals surface area contributed by atoms with Crippen molar-refractivity contribution in [1.82, 2.24) is 14.9 Å². The van der Waals surface area contributed by atoms with Crippen LogP contribution >= 0.6 is 11.3 Å². The van der Waals surface area contributed by atoms with E-state index in [1.807, 2.05) is 11.8 Å². The highest BCUT2D eigenvalue weighted by molar-refractivity contribution is 7.10. The first kappa shape index (κ1) is 16.3. The van der Waals surface area contributed by atoms with Gasteiger partial charge in [-0.3, -0.25) is 14.6 Å². The van der Waals surface area contributed by atoms with Crippen LogP contribution in [0.1, 0.15) is 34.5 Å². The second-order valence-corrected chi connectivity index (χ2v) is 7.76. The van der Waals surface area contributed by atoms with Gasteiger partial charge in [-0.15, -0.1) is 11.3 Å². The minimum Gasteiger partial charge on any atom is -0.342 e. The summed E-state index contributed by atoms with van der Waals surface area (Å²) < 4.78 is 0. The molecule has 132 valence electrons. The van der Waals surface area contributed by atoms with Crippen LogP contribution in [0.4, 0.5) is 5.95 Å². The number of hydrogen-bond acceptors (Lipinski definition) is 5. The summed E-state index contributed by atoms with van der Waals surface area (Å²) in [7, 11) is 0. The van der Waals surface area contributed by atoms with Gasteiger partial charge in [0.25, 0.3) is 5.56 Å². The molecular weight excluding hydrogens is 336 g/mol. The van der Waals surface area contributed by atoms with Gasteiger partial charge in [0.05, 0.1) is 12.1 Å². The predicted molar refractivity (Wildman–Crippen MR) is 98.2 cm³/mol. The zero-order valence-electron chi connectivity index (χ0n) is 14.4. The lowest BCUT2D eigenvalue weighted by Crippen LogP contribution is -2.37. The Morgan fingerprint density at radius 1 is 1.32 bits per heavy atom. The number of nitrogens with zero attached hydrogens (tertiary/aromatic N) is 3. The van der Waals surface area contributed by atoms with Gasteiger partial charge in [-0.05, 0) is 43.2 Å². The summed E-state index contributed by atoms with van der Waals surface area (Å²) in [5, 5.41) is 2.08. The van der Waals surface area contributed by atoms with Crippen LogP contribution in [0, 0.1) is 6.92 Å². The number of carbonyl (C=O) groups is 1. The van der Waals surface area contributed by atoms with Gasteiger partial charge < -0.3 is 9.80 Å². The molecule has 0 atom stereocenters. The molecule has 0 unspecified atom stereocenters. The van der Waals surface area contributed by atoms with Crippen LogP contribution < -0.4 is 10.5 Å². The van der Waals surface area contributed by atoms with E-state index in [4.69, 9.17) is 0 Å². The Morgan fingerprint density at radius 2 is 2.12 bits per heavy atom. The number of anilines is 1. The fourth-order valence-electron chi connectivity index (χ4n) is 3.61. The van der Waals surface area contributed by atoms with Crippen molar-refractivity contribution in [1.29, 1.82) is 0 Å². The van der Waals surface area contributed by atoms with Crippen molar-refractivity contribution >= 4 is 23.2 Å². The number of aromatic amines is 1. The summed E-state index contributed by atoms with van der Waals surface area (Å²) in [6.45, 7) is 5.05. The monoisotopic (exact) mass is 358 g/mol. The summed E-state index contributed by atoms with van der Waals surface area (Å²) in [5.74, 6) is 0.637. The van der Waals surface area contributed by atoms with Crippen molar-refractivity contribution in [3.05, 3.63) is 43.5 Å². The lowest BCUT2D eigenvalue weighted by molar-refractivity contribution is -0.131. The van der Waals surface area contributed by atoms with Gasteiger partial charge in [0, 0.05) is 36.6 Å². The third-order valence-corrected chi connectivity index (χ3v) is 6.13. The molecule has 1 saturated heterocycles. The molecule has 0 aliphatic carbocycles. The summed E-state index contributed by atoms with van der Waals surface area (Å²) in [4.78, 5) is 37.9. The molecule has 2 aliphatic rings. The quantitative estimate of drug-likeness (QED) is 0.909. The second-order valence-electron chi connectivity index (χ2n) is 6.76. The highest BCUT2D eigenvalue weighted by Crippen LogP contribution is 2.24. The number of amides is 1. The molecule has 7 heteroatoms. The molecule has 0 radical (unpaired) electrons. The maximum absolute atomic E-state index is 12.7. The van der Waals surface area contributed by atoms with Crippen molar-refractivity contribution in [2.24, 2.45) is 0 Å². The number of carbonyl (C=O) groups excluding carboxylic acids is 1. The van der Waals surface area contributed by atoms with Crippen LogP contribution in [0.15, 0.2) is 16.2 Å². The van der Waals surface area contributed by atoms with Crippen LogP contribution in [-0.2, 0) is 24.2 Å². The topological polar surface area (TPSA) is 69.3 Å². The van der Waals surface area contributed by atoms with E-state index < -0.39 is 0 Å². The van der Waals surface area contributed by atoms with Crippen LogP contribution in [0.25, 0.3) is 0 Å². The molecule has 2 aliphatic heterocycles. The number of thiophene rings is 1. The smallest absolute Gasteiger partial charge is 0.256 e. The number of nitrogens with one attached hydrogen (secondary N) is 1. The van der Waals surface area contributed by atoms with Gasteiger partial charge >= 0.3 is 0 Å². The molecule has 0 aromatic carbocycles. The Balaban J connectivity index is 1.50. The van der Waals surface area contributed by atoms with Crippen molar-refractivity contribution in [2.75, 3.05) is 24.5 Å². The number of fused-ring (bicyclic) bond motifs is 1. The van der Waals surface area contributed by atoms with Crippen molar-refractivity contribution in [3.63, 3.8) is 0 Å². The molecule has 25 heavy (non-hydrogen) atoms. The van der Waals surface area contributed by atoms with E-state index in [2.05, 4.69) is 26.3 Å². The highest BCUT2D eigenvalue weighted by atomic mass is 32.1. The van der Waals surface area contributed by atoms with Crippen LogP contribution in [0.3, 0.4) is 0 Å². The van der Waals surface area contributed by atoms with Crippen LogP contribution in [0.2, 0.25) is 0 Å². The summed E-state index contributed by atoms with van der Waals surface area (Å²) in [6.07, 6.45) is 3.28. The average molecular weight is 358 g/mol. The fraction of sp³-hybridized carbons (Fsp3) is 0.500. The van der Waals surface area contributed by atoms with Gasteiger partial charge in [-0.1, -0.05) is 0 Å². The standard InChI is InChI=1S/C18H22N4O2S/c1-12-14(17(24)20-18(19-12)21-6-2-3-7-21)10-16(23)22-8-4-15-13(11-22)5-9-25-15/h5,9H,2-4,6-8,10-11H2,1H3,(H,19,20,24). The van der Waals surface area contributed by atoms with E-state index in [9.17, 15) is 9.59 Å². The van der Waals surface area contributed by atoms with E-state index in [0.717, 1.165) is 38.9 Å². The molecule has 1 N–H and O–H groups in total. The molecule has 2 aromatic heterocycles. The summed E-state index contributed by atoms with van der Waals surface area (Å²) >= 11 is 1.75. The van der Waals surface area contributed by atoms with Crippen molar-refractivity contribution in [3.8, 4) is 0 Å². The Kier molecular flexibility index (Phi) is 4.33. The number of aryl methyl sites for hydroxylation is 1. The fourth-order valence-corrected chi connectivity index (χ4v) is 4.50. The molecule has 4 heterocycles. The molecule has 4 rings (SSSR count). The van der Waals surface area contributed by atoms with Gasteiger partial charge in [-0.2, -0.15) is 0 Å². The van der Waals surface area contributed by atoms with Gasteiger partial charge in [0.1, 0.15) is 0 Å². The zero-order chi connectivity index (χ0) is 17.4. The van der Waals surface area contributed by atoms with E-state index in [1.165, 1.54) is 10.4 Å². The maximum atomic E-state index is 12.7. The summed E-state index contributed by atoms with van der Waals surface area (Å²) in [6, 6.07) is 2.09. The molecule has 0 bridgehead atoms. The van der Waals surface area contributed by atoms with Gasteiger partial charge in [0.2, 0.25) is 11.9 Å². The first-order valence-electron chi connectivity index (χ1n) is 8.79. The van der Waals surface area contributed by atoms with Crippen molar-refractivity contribution < 1.29 is 4.79 Å². The first-order chi connectivity index (χ1) is 12.1. The minimum absolute atomic E-state index is 0.00109. The van der Waals surface area contributed by atoms with Crippen LogP contribution in [-0.4, -0.2) is 40.4 Å². The highest BCUT2D eigenvalue weighted by Gasteiger charge is 2.24. The number of rotatable bonds is 3. The van der Waals surface area contributed by atoms with E-state index in [0.29, 0.717) is 23.8 Å². The molecule has 1 amide bonds. The van der Waals surface area contributed by atoms with Gasteiger partial charge in [-0.25, -0.2) is 4.98 Å². The SMILES string of the molecule is Cc1nc(N2CCCC2)[nH]c(=O)c1CC(=O)N1CCc2sccc2C1. The lowest BCUT2D eigenvalue weighted by atomic mass is 10.1. The molecular formula is C18H22N4O2S. The van der Waals surface area contributed by atoms with E-state index in [1.54, 1.807) is 11.3 Å². The largest absolute Gasteiger partial charge is 0.342 e. The van der Waals surface area contributed by atoms with E-state index >= 15 is 0 Å². The Bertz CT molecular complexity index is 851. The minimum atomic E-state index is -0.184.